The van der Waals surface area contributed by atoms with E-state index in [9.17, 15) is 9.59 Å². The molecule has 4 nitrogen and oxygen atoms in total. The summed E-state index contributed by atoms with van der Waals surface area (Å²) in [5, 5.41) is 0. The highest BCUT2D eigenvalue weighted by Gasteiger charge is 2.11. The SMILES string of the molecule is CCOC(=O)C(=O)NCl. The molecule has 0 saturated carbocycles. The predicted molar refractivity (Wildman–Crippen MR) is 30.6 cm³/mol. The number of carbonyl (C=O) groups excluding carboxylic acids is 2. The molecule has 0 aromatic rings. The second-order valence-electron chi connectivity index (χ2n) is 1.14. The van der Waals surface area contributed by atoms with Gasteiger partial charge in [-0.25, -0.2) is 4.79 Å². The normalized spacial score (nSPS) is 8.22. The van der Waals surface area contributed by atoms with Gasteiger partial charge in [0.25, 0.3) is 0 Å². The van der Waals surface area contributed by atoms with E-state index in [0.717, 1.165) is 0 Å². The Morgan fingerprint density at radius 2 is 2.22 bits per heavy atom. The van der Waals surface area contributed by atoms with Crippen molar-refractivity contribution >= 4 is 23.7 Å². The third-order valence-corrected chi connectivity index (χ3v) is 0.718. The van der Waals surface area contributed by atoms with Gasteiger partial charge in [-0.3, -0.25) is 9.63 Å². The van der Waals surface area contributed by atoms with Crippen LogP contribution in [0.2, 0.25) is 0 Å². The molecule has 0 aromatic heterocycles. The van der Waals surface area contributed by atoms with Gasteiger partial charge in [-0.1, -0.05) is 0 Å². The minimum Gasteiger partial charge on any atom is -0.459 e. The van der Waals surface area contributed by atoms with Crippen molar-refractivity contribution in [3.63, 3.8) is 0 Å². The Labute approximate surface area is 57.2 Å². The fourth-order valence-corrected chi connectivity index (χ4v) is 0.312. The number of nitrogens with one attached hydrogen (secondary N) is 1. The standard InChI is InChI=1S/C4H6ClNO3/c1-2-9-4(8)3(7)6-5/h2H2,1H3,(H,6,7). The molecule has 0 heterocycles. The first kappa shape index (κ1) is 8.23. The van der Waals surface area contributed by atoms with E-state index in [1.807, 2.05) is 0 Å². The van der Waals surface area contributed by atoms with Crippen molar-refractivity contribution in [1.82, 2.24) is 4.84 Å². The molecule has 0 spiro atoms. The van der Waals surface area contributed by atoms with Crippen LogP contribution in [0.4, 0.5) is 0 Å². The lowest BCUT2D eigenvalue weighted by atomic mass is 10.6. The van der Waals surface area contributed by atoms with Crippen LogP contribution in [0.15, 0.2) is 0 Å². The molecule has 0 saturated heterocycles. The molecule has 0 radical (unpaired) electrons. The number of hydrogen-bond donors (Lipinski definition) is 1. The number of carbonyl (C=O) groups is 2. The van der Waals surface area contributed by atoms with Crippen LogP contribution in [0, 0.1) is 0 Å². The minimum absolute atomic E-state index is 0.170. The number of amides is 1. The molecular formula is C4H6ClNO3. The van der Waals surface area contributed by atoms with Crippen LogP contribution in [0.25, 0.3) is 0 Å². The fraction of sp³-hybridized carbons (Fsp3) is 0.500. The molecule has 0 aliphatic carbocycles. The lowest BCUT2D eigenvalue weighted by Gasteiger charge is -1.95. The minimum atomic E-state index is -0.965. The van der Waals surface area contributed by atoms with E-state index in [2.05, 4.69) is 4.74 Å². The zero-order valence-corrected chi connectivity index (χ0v) is 5.57. The van der Waals surface area contributed by atoms with Crippen molar-refractivity contribution in [2.45, 2.75) is 6.92 Å². The number of ether oxygens (including phenoxy) is 1. The average molecular weight is 152 g/mol. The molecule has 0 fully saturated rings. The summed E-state index contributed by atoms with van der Waals surface area (Å²) in [6.07, 6.45) is 0. The van der Waals surface area contributed by atoms with E-state index in [-0.39, 0.29) is 6.61 Å². The van der Waals surface area contributed by atoms with Gasteiger partial charge in [-0.05, 0) is 6.92 Å². The molecule has 1 amide bonds. The van der Waals surface area contributed by atoms with Crippen molar-refractivity contribution in [3.8, 4) is 0 Å². The predicted octanol–water partition coefficient (Wildman–Crippen LogP) is -0.181. The molecule has 0 aliphatic heterocycles. The first-order valence-electron chi connectivity index (χ1n) is 2.30. The van der Waals surface area contributed by atoms with Crippen molar-refractivity contribution in [2.75, 3.05) is 6.61 Å². The van der Waals surface area contributed by atoms with Crippen molar-refractivity contribution in [2.24, 2.45) is 0 Å². The third kappa shape index (κ3) is 2.92. The van der Waals surface area contributed by atoms with Crippen molar-refractivity contribution in [3.05, 3.63) is 0 Å². The zero-order chi connectivity index (χ0) is 7.28. The highest BCUT2D eigenvalue weighted by molar-refractivity contribution is 6.40. The maximum atomic E-state index is 10.3. The molecule has 0 atom stereocenters. The van der Waals surface area contributed by atoms with Gasteiger partial charge in [0.1, 0.15) is 0 Å². The summed E-state index contributed by atoms with van der Waals surface area (Å²) in [6, 6.07) is 0. The summed E-state index contributed by atoms with van der Waals surface area (Å²) in [7, 11) is 0. The van der Waals surface area contributed by atoms with Crippen LogP contribution < -0.4 is 4.84 Å². The topological polar surface area (TPSA) is 55.4 Å². The smallest absolute Gasteiger partial charge is 0.398 e. The molecule has 0 rings (SSSR count). The van der Waals surface area contributed by atoms with E-state index >= 15 is 0 Å². The van der Waals surface area contributed by atoms with Gasteiger partial charge in [0.15, 0.2) is 0 Å². The van der Waals surface area contributed by atoms with Gasteiger partial charge in [-0.2, -0.15) is 0 Å². The molecular weight excluding hydrogens is 146 g/mol. The number of halogens is 1. The van der Waals surface area contributed by atoms with E-state index < -0.39 is 11.9 Å². The summed E-state index contributed by atoms with van der Waals surface area (Å²) >= 11 is 4.78. The third-order valence-electron chi connectivity index (χ3n) is 0.547. The van der Waals surface area contributed by atoms with E-state index in [0.29, 0.717) is 0 Å². The van der Waals surface area contributed by atoms with Crippen LogP contribution >= 0.6 is 11.8 Å². The zero-order valence-electron chi connectivity index (χ0n) is 4.81. The Morgan fingerprint density at radius 1 is 1.67 bits per heavy atom. The Morgan fingerprint density at radius 3 is 2.56 bits per heavy atom. The largest absolute Gasteiger partial charge is 0.459 e. The molecule has 9 heavy (non-hydrogen) atoms. The highest BCUT2D eigenvalue weighted by Crippen LogP contribution is 1.77. The summed E-state index contributed by atoms with van der Waals surface area (Å²) in [4.78, 5) is 22.0. The Kier molecular flexibility index (Phi) is 3.79. The molecule has 0 aromatic carbocycles. The second kappa shape index (κ2) is 4.14. The van der Waals surface area contributed by atoms with Gasteiger partial charge in [0, 0.05) is 11.8 Å². The monoisotopic (exact) mass is 151 g/mol. The summed E-state index contributed by atoms with van der Waals surface area (Å²) in [5.41, 5.74) is 0. The molecule has 5 heteroatoms. The second-order valence-corrected chi connectivity index (χ2v) is 1.33. The number of rotatable bonds is 1. The van der Waals surface area contributed by atoms with E-state index in [4.69, 9.17) is 11.8 Å². The Hall–Kier alpha value is -0.770. The van der Waals surface area contributed by atoms with Crippen molar-refractivity contribution < 1.29 is 14.3 Å². The lowest BCUT2D eigenvalue weighted by molar-refractivity contribution is -0.153. The first-order chi connectivity index (χ1) is 4.22. The summed E-state index contributed by atoms with van der Waals surface area (Å²) in [6.45, 7) is 1.77. The van der Waals surface area contributed by atoms with Gasteiger partial charge >= 0.3 is 11.9 Å². The van der Waals surface area contributed by atoms with Crippen molar-refractivity contribution in [1.29, 1.82) is 0 Å². The number of hydrogen-bond acceptors (Lipinski definition) is 3. The molecule has 0 bridgehead atoms. The van der Waals surface area contributed by atoms with Gasteiger partial charge in [-0.15, -0.1) is 0 Å². The summed E-state index contributed by atoms with van der Waals surface area (Å²) in [5.74, 6) is -1.91. The van der Waals surface area contributed by atoms with Gasteiger partial charge < -0.3 is 4.74 Å². The lowest BCUT2D eigenvalue weighted by Crippen LogP contribution is -2.25. The van der Waals surface area contributed by atoms with Crippen LogP contribution in [-0.2, 0) is 14.3 Å². The maximum absolute atomic E-state index is 10.3. The quantitative estimate of drug-likeness (QED) is 0.321. The van der Waals surface area contributed by atoms with Crippen LogP contribution in [0.5, 0.6) is 0 Å². The molecule has 52 valence electrons. The Bertz CT molecular complexity index is 125. The van der Waals surface area contributed by atoms with E-state index in [1.54, 1.807) is 11.8 Å². The molecule has 1 N–H and O–H groups in total. The van der Waals surface area contributed by atoms with Gasteiger partial charge in [0.2, 0.25) is 0 Å². The maximum Gasteiger partial charge on any atom is 0.398 e. The summed E-state index contributed by atoms with van der Waals surface area (Å²) < 4.78 is 4.26. The Balaban J connectivity index is 3.60. The van der Waals surface area contributed by atoms with E-state index in [1.165, 1.54) is 0 Å². The first-order valence-corrected chi connectivity index (χ1v) is 2.68. The van der Waals surface area contributed by atoms with Crippen LogP contribution in [0.3, 0.4) is 0 Å². The average Bonchev–Trinajstić information content (AvgIpc) is 1.87. The van der Waals surface area contributed by atoms with Crippen LogP contribution in [0.1, 0.15) is 6.92 Å². The molecule has 0 aliphatic rings. The van der Waals surface area contributed by atoms with Crippen LogP contribution in [-0.4, -0.2) is 18.5 Å². The number of esters is 1. The highest BCUT2D eigenvalue weighted by atomic mass is 35.5. The fourth-order valence-electron chi connectivity index (χ4n) is 0.235. The molecule has 0 unspecified atom stereocenters. The van der Waals surface area contributed by atoms with Gasteiger partial charge in [0.05, 0.1) is 6.61 Å².